The van der Waals surface area contributed by atoms with Crippen molar-refractivity contribution in [2.75, 3.05) is 10.6 Å². The number of rotatable bonds is 4. The molecule has 1 saturated carbocycles. The van der Waals surface area contributed by atoms with Crippen LogP contribution in [0.2, 0.25) is 0 Å². The second kappa shape index (κ2) is 6.20. The number of nitrogens with one attached hydrogen (secondary N) is 2. The van der Waals surface area contributed by atoms with Crippen LogP contribution in [0.1, 0.15) is 34.3 Å². The molecule has 1 aromatic heterocycles. The molecule has 2 N–H and O–H groups in total. The number of aromatic nitrogens is 1. The Morgan fingerprint density at radius 3 is 2.43 bits per heavy atom. The van der Waals surface area contributed by atoms with E-state index in [2.05, 4.69) is 15.6 Å². The molecule has 1 aliphatic rings. The fraction of sp³-hybridized carbons (Fsp3) is 0.278. The van der Waals surface area contributed by atoms with Gasteiger partial charge in [0.15, 0.2) is 0 Å². The van der Waals surface area contributed by atoms with Crippen molar-refractivity contribution in [3.8, 4) is 0 Å². The van der Waals surface area contributed by atoms with Crippen LogP contribution in [0.3, 0.4) is 0 Å². The maximum Gasteiger partial charge on any atom is 0.256 e. The highest BCUT2D eigenvalue weighted by molar-refractivity contribution is 6.06. The third-order valence-electron chi connectivity index (χ3n) is 3.93. The number of carbonyl (C=O) groups is 2. The van der Waals surface area contributed by atoms with Crippen LogP contribution in [-0.2, 0) is 4.79 Å². The smallest absolute Gasteiger partial charge is 0.256 e. The predicted molar refractivity (Wildman–Crippen MR) is 89.5 cm³/mol. The lowest BCUT2D eigenvalue weighted by atomic mass is 10.0. The Balaban J connectivity index is 1.74. The normalized spacial score (nSPS) is 13.5. The van der Waals surface area contributed by atoms with Crippen LogP contribution in [0.4, 0.5) is 11.5 Å². The lowest BCUT2D eigenvalue weighted by molar-refractivity contribution is -0.117. The quantitative estimate of drug-likeness (QED) is 0.910. The maximum absolute atomic E-state index is 12.5. The van der Waals surface area contributed by atoms with Crippen molar-refractivity contribution in [1.82, 2.24) is 4.98 Å². The third kappa shape index (κ3) is 3.56. The molecule has 0 atom stereocenters. The molecule has 1 heterocycles. The first-order valence-electron chi connectivity index (χ1n) is 7.69. The highest BCUT2D eigenvalue weighted by Gasteiger charge is 2.29. The van der Waals surface area contributed by atoms with Crippen molar-refractivity contribution < 1.29 is 9.59 Å². The summed E-state index contributed by atoms with van der Waals surface area (Å²) >= 11 is 0. The Bertz CT molecular complexity index is 746. The zero-order valence-electron chi connectivity index (χ0n) is 13.2. The van der Waals surface area contributed by atoms with Crippen LogP contribution in [-0.4, -0.2) is 16.8 Å². The molecule has 1 aliphatic carbocycles. The summed E-state index contributed by atoms with van der Waals surface area (Å²) in [6.45, 7) is 3.82. The number of nitrogens with zero attached hydrogens (tertiary/aromatic N) is 1. The second-order valence-electron chi connectivity index (χ2n) is 5.91. The summed E-state index contributed by atoms with van der Waals surface area (Å²) in [5, 5.41) is 5.65. The van der Waals surface area contributed by atoms with Crippen LogP contribution in [0.5, 0.6) is 0 Å². The molecule has 0 unspecified atom stereocenters. The van der Waals surface area contributed by atoms with E-state index in [1.807, 2.05) is 32.0 Å². The standard InChI is InChI=1S/C18H19N3O2/c1-11-4-3-5-12(2)16(11)18(23)20-14-8-9-19-15(10-14)21-17(22)13-6-7-13/h3-5,8-10,13H,6-7H2,1-2H3,(H2,19,20,21,22,23). The average Bonchev–Trinajstić information content (AvgIpc) is 3.32. The Kier molecular flexibility index (Phi) is 4.10. The molecule has 0 radical (unpaired) electrons. The molecule has 5 nitrogen and oxygen atoms in total. The third-order valence-corrected chi connectivity index (χ3v) is 3.93. The Hall–Kier alpha value is -2.69. The number of hydrogen-bond donors (Lipinski definition) is 2. The van der Waals surface area contributed by atoms with Crippen LogP contribution in [0.25, 0.3) is 0 Å². The van der Waals surface area contributed by atoms with Gasteiger partial charge >= 0.3 is 0 Å². The van der Waals surface area contributed by atoms with E-state index in [9.17, 15) is 9.59 Å². The SMILES string of the molecule is Cc1cccc(C)c1C(=O)Nc1ccnc(NC(=O)C2CC2)c1. The number of anilines is 2. The number of pyridine rings is 1. The molecule has 0 aliphatic heterocycles. The zero-order chi connectivity index (χ0) is 16.4. The van der Waals surface area contributed by atoms with Gasteiger partial charge in [0, 0.05) is 29.4 Å². The zero-order valence-corrected chi connectivity index (χ0v) is 13.2. The second-order valence-corrected chi connectivity index (χ2v) is 5.91. The summed E-state index contributed by atoms with van der Waals surface area (Å²) in [7, 11) is 0. The first kappa shape index (κ1) is 15.2. The Morgan fingerprint density at radius 1 is 1.09 bits per heavy atom. The van der Waals surface area contributed by atoms with E-state index < -0.39 is 0 Å². The summed E-state index contributed by atoms with van der Waals surface area (Å²) in [5.74, 6) is 0.410. The average molecular weight is 309 g/mol. The molecule has 1 aromatic carbocycles. The van der Waals surface area contributed by atoms with E-state index in [0.29, 0.717) is 17.1 Å². The minimum atomic E-state index is -0.161. The van der Waals surface area contributed by atoms with Crippen molar-refractivity contribution in [1.29, 1.82) is 0 Å². The van der Waals surface area contributed by atoms with E-state index in [-0.39, 0.29) is 17.7 Å². The maximum atomic E-state index is 12.5. The lowest BCUT2D eigenvalue weighted by Gasteiger charge is -2.11. The van der Waals surface area contributed by atoms with Crippen molar-refractivity contribution in [2.24, 2.45) is 5.92 Å². The van der Waals surface area contributed by atoms with E-state index in [1.54, 1.807) is 18.3 Å². The van der Waals surface area contributed by atoms with Crippen molar-refractivity contribution in [3.63, 3.8) is 0 Å². The van der Waals surface area contributed by atoms with E-state index in [4.69, 9.17) is 0 Å². The van der Waals surface area contributed by atoms with E-state index in [0.717, 1.165) is 24.0 Å². The lowest BCUT2D eigenvalue weighted by Crippen LogP contribution is -2.17. The van der Waals surface area contributed by atoms with Crippen molar-refractivity contribution in [2.45, 2.75) is 26.7 Å². The number of hydrogen-bond acceptors (Lipinski definition) is 3. The predicted octanol–water partition coefficient (Wildman–Crippen LogP) is 3.30. The van der Waals surface area contributed by atoms with Gasteiger partial charge in [-0.3, -0.25) is 9.59 Å². The van der Waals surface area contributed by atoms with Gasteiger partial charge in [-0.1, -0.05) is 18.2 Å². The van der Waals surface area contributed by atoms with Crippen molar-refractivity contribution in [3.05, 3.63) is 53.2 Å². The van der Waals surface area contributed by atoms with Crippen molar-refractivity contribution >= 4 is 23.3 Å². The molecule has 0 bridgehead atoms. The molecular formula is C18H19N3O2. The van der Waals surface area contributed by atoms with E-state index >= 15 is 0 Å². The van der Waals surface area contributed by atoms with Gasteiger partial charge in [-0.15, -0.1) is 0 Å². The molecule has 3 rings (SSSR count). The number of amides is 2. The van der Waals surface area contributed by atoms with Crippen LogP contribution in [0, 0.1) is 19.8 Å². The minimum absolute atomic E-state index is 0.00396. The molecule has 0 spiro atoms. The monoisotopic (exact) mass is 309 g/mol. The van der Waals surface area contributed by atoms with Gasteiger partial charge in [0.2, 0.25) is 5.91 Å². The summed E-state index contributed by atoms with van der Waals surface area (Å²) in [6.07, 6.45) is 3.45. The molecule has 1 fully saturated rings. The van der Waals surface area contributed by atoms with Crippen LogP contribution >= 0.6 is 0 Å². The van der Waals surface area contributed by atoms with Gasteiger partial charge in [0.05, 0.1) is 0 Å². The molecular weight excluding hydrogens is 290 g/mol. The number of aryl methyl sites for hydroxylation is 2. The summed E-state index contributed by atoms with van der Waals surface area (Å²) in [4.78, 5) is 28.4. The fourth-order valence-electron chi connectivity index (χ4n) is 2.52. The van der Waals surface area contributed by atoms with Gasteiger partial charge in [-0.2, -0.15) is 0 Å². The van der Waals surface area contributed by atoms with Gasteiger partial charge in [-0.05, 0) is 43.9 Å². The Labute approximate surface area is 135 Å². The first-order chi connectivity index (χ1) is 11.0. The molecule has 118 valence electrons. The van der Waals surface area contributed by atoms with Gasteiger partial charge < -0.3 is 10.6 Å². The summed E-state index contributed by atoms with van der Waals surface area (Å²) in [6, 6.07) is 9.13. The molecule has 5 heteroatoms. The highest BCUT2D eigenvalue weighted by Crippen LogP contribution is 2.30. The van der Waals surface area contributed by atoms with Crippen LogP contribution < -0.4 is 10.6 Å². The molecule has 23 heavy (non-hydrogen) atoms. The van der Waals surface area contributed by atoms with Gasteiger partial charge in [-0.25, -0.2) is 4.98 Å². The molecule has 0 saturated heterocycles. The molecule has 2 aromatic rings. The number of carbonyl (C=O) groups excluding carboxylic acids is 2. The van der Waals surface area contributed by atoms with E-state index in [1.165, 1.54) is 0 Å². The summed E-state index contributed by atoms with van der Waals surface area (Å²) < 4.78 is 0. The van der Waals surface area contributed by atoms with Gasteiger partial charge in [0.1, 0.15) is 5.82 Å². The highest BCUT2D eigenvalue weighted by atomic mass is 16.2. The fourth-order valence-corrected chi connectivity index (χ4v) is 2.52. The first-order valence-corrected chi connectivity index (χ1v) is 7.69. The largest absolute Gasteiger partial charge is 0.322 e. The number of benzene rings is 1. The summed E-state index contributed by atoms with van der Waals surface area (Å²) in [5.41, 5.74) is 3.14. The van der Waals surface area contributed by atoms with Crippen LogP contribution in [0.15, 0.2) is 36.5 Å². The minimum Gasteiger partial charge on any atom is -0.322 e. The Morgan fingerprint density at radius 2 is 1.78 bits per heavy atom. The molecule has 2 amide bonds. The van der Waals surface area contributed by atoms with Gasteiger partial charge in [0.25, 0.3) is 5.91 Å². The topological polar surface area (TPSA) is 71.1 Å².